The molecule has 0 aromatic carbocycles. The number of hydrogen-bond donors (Lipinski definition) is 3. The van der Waals surface area contributed by atoms with Crippen LogP contribution in [0.15, 0.2) is 4.99 Å². The summed E-state index contributed by atoms with van der Waals surface area (Å²) < 4.78 is 0. The van der Waals surface area contributed by atoms with Crippen LogP contribution >= 0.6 is 35.7 Å². The number of piperazine rings is 1. The fraction of sp³-hybridized carbons (Fsp3) is 0.875. The molecule has 25 heavy (non-hydrogen) atoms. The summed E-state index contributed by atoms with van der Waals surface area (Å²) in [5, 5.41) is 16.8. The fourth-order valence-electron chi connectivity index (χ4n) is 3.13. The van der Waals surface area contributed by atoms with Gasteiger partial charge in [0.05, 0.1) is 12.1 Å². The summed E-state index contributed by atoms with van der Waals surface area (Å²) in [7, 11) is 1.78. The molecule has 0 aromatic rings. The zero-order valence-electron chi connectivity index (χ0n) is 14.9. The first-order valence-corrected chi connectivity index (χ1v) is 10.0. The van der Waals surface area contributed by atoms with Gasteiger partial charge in [-0.05, 0) is 25.0 Å². The maximum Gasteiger partial charge on any atom is 0.234 e. The summed E-state index contributed by atoms with van der Waals surface area (Å²) in [5.74, 6) is 2.82. The van der Waals surface area contributed by atoms with E-state index in [1.807, 2.05) is 0 Å². The van der Waals surface area contributed by atoms with Crippen LogP contribution in [0.3, 0.4) is 0 Å². The lowest BCUT2D eigenvalue weighted by Gasteiger charge is -2.37. The number of nitrogens with one attached hydrogen (secondary N) is 2. The number of amides is 1. The number of thioether (sulfide) groups is 1. The van der Waals surface area contributed by atoms with Crippen molar-refractivity contribution in [3.63, 3.8) is 0 Å². The molecule has 9 heteroatoms. The quantitative estimate of drug-likeness (QED) is 0.289. The molecule has 0 aromatic heterocycles. The van der Waals surface area contributed by atoms with Gasteiger partial charge in [0, 0.05) is 51.6 Å². The lowest BCUT2D eigenvalue weighted by molar-refractivity contribution is -0.122. The highest BCUT2D eigenvalue weighted by molar-refractivity contribution is 14.0. The van der Waals surface area contributed by atoms with Gasteiger partial charge in [0.1, 0.15) is 0 Å². The van der Waals surface area contributed by atoms with E-state index in [4.69, 9.17) is 0 Å². The zero-order valence-corrected chi connectivity index (χ0v) is 18.0. The Morgan fingerprint density at radius 1 is 1.32 bits per heavy atom. The minimum absolute atomic E-state index is 0. The maximum atomic E-state index is 11.9. The van der Waals surface area contributed by atoms with Crippen molar-refractivity contribution >= 4 is 47.6 Å². The lowest BCUT2D eigenvalue weighted by Crippen LogP contribution is -2.55. The van der Waals surface area contributed by atoms with Gasteiger partial charge in [0.15, 0.2) is 5.96 Å². The SMILES string of the molecule is CN=C(NCC1(O)CCSC1)N1CCN(CC(=O)NC2CC2)CC1.I. The molecule has 3 N–H and O–H groups in total. The number of aliphatic imine (C=N–C) groups is 1. The van der Waals surface area contributed by atoms with Crippen molar-refractivity contribution in [2.75, 3.05) is 57.8 Å². The first-order valence-electron chi connectivity index (χ1n) is 8.85. The van der Waals surface area contributed by atoms with Crippen LogP contribution in [-0.4, -0.2) is 96.2 Å². The molecule has 1 aliphatic carbocycles. The summed E-state index contributed by atoms with van der Waals surface area (Å²) in [6.45, 7) is 4.47. The first-order chi connectivity index (χ1) is 11.6. The molecular weight excluding hydrogens is 453 g/mol. The summed E-state index contributed by atoms with van der Waals surface area (Å²) in [4.78, 5) is 20.6. The van der Waals surface area contributed by atoms with Gasteiger partial charge < -0.3 is 20.6 Å². The van der Waals surface area contributed by atoms with Crippen LogP contribution in [0.4, 0.5) is 0 Å². The summed E-state index contributed by atoms with van der Waals surface area (Å²) in [6.07, 6.45) is 3.10. The molecule has 2 aliphatic heterocycles. The Morgan fingerprint density at radius 3 is 2.60 bits per heavy atom. The molecule has 0 bridgehead atoms. The Labute approximate surface area is 171 Å². The highest BCUT2D eigenvalue weighted by Gasteiger charge is 2.32. The van der Waals surface area contributed by atoms with E-state index >= 15 is 0 Å². The van der Waals surface area contributed by atoms with E-state index in [1.165, 1.54) is 0 Å². The normalized spacial score (nSPS) is 27.8. The number of nitrogens with zero attached hydrogens (tertiary/aromatic N) is 3. The van der Waals surface area contributed by atoms with Crippen molar-refractivity contribution in [3.05, 3.63) is 0 Å². The van der Waals surface area contributed by atoms with Gasteiger partial charge in [-0.1, -0.05) is 0 Å². The molecular formula is C16H30IN5O2S. The standard InChI is InChI=1S/C16H29N5O2S.HI/c1-17-15(18-11-16(23)4-9-24-12-16)21-7-5-20(6-8-21)10-14(22)19-13-2-3-13;/h13,23H,2-12H2,1H3,(H,17,18)(H,19,22);1H. The Bertz CT molecular complexity index is 475. The molecule has 2 heterocycles. The summed E-state index contributed by atoms with van der Waals surface area (Å²) >= 11 is 1.80. The number of halogens is 1. The number of aliphatic hydroxyl groups is 1. The predicted molar refractivity (Wildman–Crippen MR) is 113 cm³/mol. The highest BCUT2D eigenvalue weighted by Crippen LogP contribution is 2.27. The van der Waals surface area contributed by atoms with E-state index in [2.05, 4.69) is 25.4 Å². The Morgan fingerprint density at radius 2 is 2.04 bits per heavy atom. The van der Waals surface area contributed by atoms with E-state index in [0.717, 1.165) is 62.9 Å². The van der Waals surface area contributed by atoms with E-state index in [9.17, 15) is 9.90 Å². The van der Waals surface area contributed by atoms with Crippen molar-refractivity contribution in [2.24, 2.45) is 4.99 Å². The van der Waals surface area contributed by atoms with Crippen LogP contribution in [0.2, 0.25) is 0 Å². The number of hydrogen-bond acceptors (Lipinski definition) is 5. The third kappa shape index (κ3) is 6.44. The molecule has 0 radical (unpaired) electrons. The minimum Gasteiger partial charge on any atom is -0.387 e. The molecule has 1 amide bonds. The molecule has 1 atom stereocenters. The average Bonchev–Trinajstić information content (AvgIpc) is 3.27. The molecule has 144 valence electrons. The van der Waals surface area contributed by atoms with Crippen LogP contribution < -0.4 is 10.6 Å². The topological polar surface area (TPSA) is 80.2 Å². The van der Waals surface area contributed by atoms with Crippen molar-refractivity contribution in [3.8, 4) is 0 Å². The Balaban J connectivity index is 0.00000225. The van der Waals surface area contributed by atoms with E-state index < -0.39 is 5.60 Å². The van der Waals surface area contributed by atoms with Gasteiger partial charge in [-0.15, -0.1) is 24.0 Å². The molecule has 3 aliphatic rings. The second-order valence-electron chi connectivity index (χ2n) is 7.03. The lowest BCUT2D eigenvalue weighted by atomic mass is 10.0. The van der Waals surface area contributed by atoms with E-state index in [0.29, 0.717) is 19.1 Å². The Hall–Kier alpha value is -0.260. The van der Waals surface area contributed by atoms with Crippen molar-refractivity contribution in [1.82, 2.24) is 20.4 Å². The van der Waals surface area contributed by atoms with Gasteiger partial charge in [-0.3, -0.25) is 14.7 Å². The molecule has 1 unspecified atom stereocenters. The first kappa shape index (κ1) is 21.0. The second-order valence-corrected chi connectivity index (χ2v) is 8.14. The van der Waals surface area contributed by atoms with Gasteiger partial charge in [0.2, 0.25) is 5.91 Å². The molecule has 7 nitrogen and oxygen atoms in total. The zero-order chi connectivity index (χ0) is 17.0. The minimum atomic E-state index is -0.608. The number of carbonyl (C=O) groups excluding carboxylic acids is 1. The van der Waals surface area contributed by atoms with E-state index in [-0.39, 0.29) is 29.9 Å². The highest BCUT2D eigenvalue weighted by atomic mass is 127. The smallest absolute Gasteiger partial charge is 0.234 e. The number of carbonyl (C=O) groups is 1. The van der Waals surface area contributed by atoms with Crippen LogP contribution in [0.1, 0.15) is 19.3 Å². The van der Waals surface area contributed by atoms with Crippen LogP contribution in [0, 0.1) is 0 Å². The predicted octanol–water partition coefficient (Wildman–Crippen LogP) is -0.0560. The van der Waals surface area contributed by atoms with Crippen molar-refractivity contribution in [2.45, 2.75) is 30.9 Å². The number of rotatable bonds is 5. The van der Waals surface area contributed by atoms with Gasteiger partial charge in [0.25, 0.3) is 0 Å². The third-order valence-corrected chi connectivity index (χ3v) is 6.09. The van der Waals surface area contributed by atoms with Gasteiger partial charge in [-0.2, -0.15) is 11.8 Å². The van der Waals surface area contributed by atoms with Crippen molar-refractivity contribution in [1.29, 1.82) is 0 Å². The molecule has 3 rings (SSSR count). The van der Waals surface area contributed by atoms with Crippen molar-refractivity contribution < 1.29 is 9.90 Å². The van der Waals surface area contributed by atoms with Gasteiger partial charge in [-0.25, -0.2) is 0 Å². The largest absolute Gasteiger partial charge is 0.387 e. The molecule has 2 saturated heterocycles. The molecule has 3 fully saturated rings. The van der Waals surface area contributed by atoms with E-state index in [1.54, 1.807) is 18.8 Å². The summed E-state index contributed by atoms with van der Waals surface area (Å²) in [6, 6.07) is 0.432. The van der Waals surface area contributed by atoms with Gasteiger partial charge >= 0.3 is 0 Å². The molecule has 1 saturated carbocycles. The Kier molecular flexibility index (Phi) is 8.09. The fourth-order valence-corrected chi connectivity index (χ4v) is 4.43. The van der Waals surface area contributed by atoms with Crippen LogP contribution in [0.25, 0.3) is 0 Å². The summed E-state index contributed by atoms with van der Waals surface area (Å²) in [5.41, 5.74) is -0.608. The maximum absolute atomic E-state index is 11.9. The average molecular weight is 483 g/mol. The third-order valence-electron chi connectivity index (χ3n) is 4.85. The molecule has 0 spiro atoms. The van der Waals surface area contributed by atoms with Crippen LogP contribution in [-0.2, 0) is 4.79 Å². The second kappa shape index (κ2) is 9.61. The monoisotopic (exact) mass is 483 g/mol. The number of guanidine groups is 1. The van der Waals surface area contributed by atoms with Crippen LogP contribution in [0.5, 0.6) is 0 Å².